The summed E-state index contributed by atoms with van der Waals surface area (Å²) in [5.41, 5.74) is 2.16. The molecule has 2 aliphatic rings. The Morgan fingerprint density at radius 1 is 1.13 bits per heavy atom. The molecule has 0 aliphatic carbocycles. The Labute approximate surface area is 232 Å². The van der Waals surface area contributed by atoms with Crippen molar-refractivity contribution < 1.29 is 14.3 Å². The number of pyridine rings is 1. The van der Waals surface area contributed by atoms with Gasteiger partial charge in [0.2, 0.25) is 0 Å². The van der Waals surface area contributed by atoms with Crippen molar-refractivity contribution in [2.24, 2.45) is 0 Å². The first-order chi connectivity index (χ1) is 18.3. The molecule has 0 atom stereocenters. The predicted molar refractivity (Wildman–Crippen MR) is 155 cm³/mol. The van der Waals surface area contributed by atoms with Gasteiger partial charge >= 0.3 is 0 Å². The maximum atomic E-state index is 13.5. The van der Waals surface area contributed by atoms with E-state index in [9.17, 15) is 14.9 Å². The first-order valence-electron chi connectivity index (χ1n) is 12.7. The predicted octanol–water partition coefficient (Wildman–Crippen LogP) is 4.50. The summed E-state index contributed by atoms with van der Waals surface area (Å²) in [5.74, 6) is 1.90. The molecule has 200 valence electrons. The summed E-state index contributed by atoms with van der Waals surface area (Å²) in [6, 6.07) is 7.78. The number of nitriles is 1. The van der Waals surface area contributed by atoms with E-state index in [-0.39, 0.29) is 17.0 Å². The molecule has 3 heterocycles. The SMILES string of the molecule is CCn1c(N2CCCCC2)c(/C=C2/SC(=S)N(CCc3ccc(OC)c(OC)c3)C2=O)c(C)c(C#N)c1=O. The molecule has 8 nitrogen and oxygen atoms in total. The van der Waals surface area contributed by atoms with Crippen LogP contribution in [0.1, 0.15) is 48.4 Å². The summed E-state index contributed by atoms with van der Waals surface area (Å²) < 4.78 is 12.9. The third kappa shape index (κ3) is 5.31. The molecule has 38 heavy (non-hydrogen) atoms. The highest BCUT2D eigenvalue weighted by atomic mass is 32.2. The number of nitrogens with zero attached hydrogens (tertiary/aromatic N) is 4. The summed E-state index contributed by atoms with van der Waals surface area (Å²) in [4.78, 5) is 31.0. The number of ether oxygens (including phenoxy) is 2. The van der Waals surface area contributed by atoms with E-state index in [0.29, 0.717) is 45.8 Å². The van der Waals surface area contributed by atoms with Gasteiger partial charge in [0.05, 0.1) is 19.1 Å². The molecule has 10 heteroatoms. The maximum Gasteiger partial charge on any atom is 0.270 e. The number of aromatic nitrogens is 1. The number of hydrogen-bond acceptors (Lipinski definition) is 8. The number of thiocarbonyl (C=S) groups is 1. The van der Waals surface area contributed by atoms with Crippen LogP contribution in [0.4, 0.5) is 5.82 Å². The van der Waals surface area contributed by atoms with E-state index in [1.54, 1.807) is 30.6 Å². The number of hydrogen-bond donors (Lipinski definition) is 0. The van der Waals surface area contributed by atoms with E-state index >= 15 is 0 Å². The van der Waals surface area contributed by atoms with Crippen LogP contribution in [-0.4, -0.2) is 53.5 Å². The van der Waals surface area contributed by atoms with Gasteiger partial charge in [-0.05, 0) is 68.9 Å². The fraction of sp³-hybridized carbons (Fsp3) is 0.429. The molecule has 2 fully saturated rings. The van der Waals surface area contributed by atoms with Gasteiger partial charge in [-0.15, -0.1) is 0 Å². The van der Waals surface area contributed by atoms with Gasteiger partial charge in [0.25, 0.3) is 11.5 Å². The van der Waals surface area contributed by atoms with Crippen molar-refractivity contribution in [3.63, 3.8) is 0 Å². The third-order valence-corrected chi connectivity index (χ3v) is 8.42. The lowest BCUT2D eigenvalue weighted by Crippen LogP contribution is -2.37. The number of carbonyl (C=O) groups excluding carboxylic acids is 1. The normalized spacial score (nSPS) is 16.8. The van der Waals surface area contributed by atoms with E-state index in [1.807, 2.05) is 31.2 Å². The topological polar surface area (TPSA) is 87.8 Å². The maximum absolute atomic E-state index is 13.5. The van der Waals surface area contributed by atoms with E-state index in [0.717, 1.165) is 49.3 Å². The Balaban J connectivity index is 1.68. The zero-order chi connectivity index (χ0) is 27.4. The minimum absolute atomic E-state index is 0.114. The minimum atomic E-state index is -0.285. The second-order valence-corrected chi connectivity index (χ2v) is 10.9. The Bertz CT molecular complexity index is 1390. The van der Waals surface area contributed by atoms with Crippen molar-refractivity contribution in [3.05, 3.63) is 55.7 Å². The van der Waals surface area contributed by atoms with Crippen LogP contribution in [0, 0.1) is 18.3 Å². The molecule has 1 amide bonds. The van der Waals surface area contributed by atoms with E-state index in [4.69, 9.17) is 21.7 Å². The van der Waals surface area contributed by atoms with E-state index < -0.39 is 0 Å². The lowest BCUT2D eigenvalue weighted by Gasteiger charge is -2.33. The fourth-order valence-corrected chi connectivity index (χ4v) is 6.28. The number of benzene rings is 1. The highest BCUT2D eigenvalue weighted by Gasteiger charge is 2.33. The summed E-state index contributed by atoms with van der Waals surface area (Å²) in [6.07, 6.45) is 5.64. The van der Waals surface area contributed by atoms with Gasteiger partial charge in [0.15, 0.2) is 11.5 Å². The van der Waals surface area contributed by atoms with E-state index in [2.05, 4.69) is 11.0 Å². The zero-order valence-electron chi connectivity index (χ0n) is 22.2. The number of amides is 1. The number of thioether (sulfide) groups is 1. The van der Waals surface area contributed by atoms with Crippen molar-refractivity contribution in [1.82, 2.24) is 9.47 Å². The van der Waals surface area contributed by atoms with Gasteiger partial charge < -0.3 is 14.4 Å². The molecule has 0 N–H and O–H groups in total. The van der Waals surface area contributed by atoms with Crippen molar-refractivity contribution >= 4 is 46.1 Å². The second-order valence-electron chi connectivity index (χ2n) is 9.22. The van der Waals surface area contributed by atoms with Gasteiger partial charge in [-0.1, -0.05) is 30.0 Å². The summed E-state index contributed by atoms with van der Waals surface area (Å²) in [7, 11) is 3.18. The second kappa shape index (κ2) is 12.0. The third-order valence-electron chi connectivity index (χ3n) is 7.04. The van der Waals surface area contributed by atoms with E-state index in [1.165, 1.54) is 11.8 Å². The molecule has 2 aliphatic heterocycles. The van der Waals surface area contributed by atoms with Crippen LogP contribution in [-0.2, 0) is 17.8 Å². The number of anilines is 1. The molecule has 4 rings (SSSR count). The highest BCUT2D eigenvalue weighted by molar-refractivity contribution is 8.26. The van der Waals surface area contributed by atoms with Crippen molar-refractivity contribution in [2.75, 3.05) is 38.8 Å². The molecule has 2 aromatic rings. The van der Waals surface area contributed by atoms with Crippen LogP contribution in [0.5, 0.6) is 11.5 Å². The fourth-order valence-electron chi connectivity index (χ4n) is 4.98. The zero-order valence-corrected chi connectivity index (χ0v) is 23.8. The van der Waals surface area contributed by atoms with Crippen LogP contribution < -0.4 is 19.9 Å². The lowest BCUT2D eigenvalue weighted by molar-refractivity contribution is -0.122. The highest BCUT2D eigenvalue weighted by Crippen LogP contribution is 2.37. The van der Waals surface area contributed by atoms with Crippen LogP contribution in [0.2, 0.25) is 0 Å². The monoisotopic (exact) mass is 552 g/mol. The summed E-state index contributed by atoms with van der Waals surface area (Å²) >= 11 is 6.84. The molecule has 1 aromatic carbocycles. The van der Waals surface area contributed by atoms with Crippen LogP contribution >= 0.6 is 24.0 Å². The quantitative estimate of drug-likeness (QED) is 0.350. The lowest BCUT2D eigenvalue weighted by atomic mass is 10.0. The summed E-state index contributed by atoms with van der Waals surface area (Å²) in [6.45, 7) is 6.22. The van der Waals surface area contributed by atoms with Gasteiger partial charge in [-0.2, -0.15) is 5.26 Å². The smallest absolute Gasteiger partial charge is 0.270 e. The van der Waals surface area contributed by atoms with Gasteiger partial charge in [-0.3, -0.25) is 19.1 Å². The minimum Gasteiger partial charge on any atom is -0.493 e. The summed E-state index contributed by atoms with van der Waals surface area (Å²) in [5, 5.41) is 9.77. The van der Waals surface area contributed by atoms with Crippen molar-refractivity contribution in [3.8, 4) is 17.6 Å². The Kier molecular flexibility index (Phi) is 8.80. The largest absolute Gasteiger partial charge is 0.493 e. The molecular weight excluding hydrogens is 520 g/mol. The Hall–Kier alpha value is -3.29. The molecule has 1 aromatic heterocycles. The van der Waals surface area contributed by atoms with Crippen LogP contribution in [0.15, 0.2) is 27.9 Å². The Morgan fingerprint density at radius 3 is 2.47 bits per heavy atom. The Morgan fingerprint density at radius 2 is 1.84 bits per heavy atom. The van der Waals surface area contributed by atoms with Crippen LogP contribution in [0.25, 0.3) is 6.08 Å². The average Bonchev–Trinajstić information content (AvgIpc) is 3.20. The average molecular weight is 553 g/mol. The first-order valence-corrected chi connectivity index (χ1v) is 14.0. The molecular formula is C28H32N4O4S2. The van der Waals surface area contributed by atoms with Gasteiger partial charge in [0, 0.05) is 31.7 Å². The van der Waals surface area contributed by atoms with Crippen LogP contribution in [0.3, 0.4) is 0 Å². The van der Waals surface area contributed by atoms with Crippen molar-refractivity contribution in [1.29, 1.82) is 5.26 Å². The number of carbonyl (C=O) groups is 1. The first kappa shape index (κ1) is 27.7. The van der Waals surface area contributed by atoms with Gasteiger partial charge in [-0.25, -0.2) is 0 Å². The molecule has 2 saturated heterocycles. The van der Waals surface area contributed by atoms with Gasteiger partial charge in [0.1, 0.15) is 21.8 Å². The molecule has 0 unspecified atom stereocenters. The standard InChI is InChI=1S/C28H32N4O4S2/c1-5-31-25(30-12-7-6-8-13-30)20(18(2)21(17-29)26(31)33)16-24-27(34)32(28(37)38-24)14-11-19-9-10-22(35-3)23(15-19)36-4/h9-10,15-16H,5-8,11-14H2,1-4H3/b24-16+. The number of methoxy groups -OCH3 is 2. The molecule has 0 radical (unpaired) electrons. The molecule has 0 saturated carbocycles. The molecule has 0 bridgehead atoms. The number of rotatable bonds is 8. The number of piperidine rings is 1. The van der Waals surface area contributed by atoms with Crippen molar-refractivity contribution in [2.45, 2.75) is 46.1 Å². The molecule has 0 spiro atoms.